The molecule has 0 spiro atoms. The van der Waals surface area contributed by atoms with Gasteiger partial charge in [-0.1, -0.05) is 42.8 Å². The van der Waals surface area contributed by atoms with E-state index in [1.807, 2.05) is 38.1 Å². The Labute approximate surface area is 219 Å². The second-order valence-corrected chi connectivity index (χ2v) is 9.62. The SMILES string of the molecule is CCC(C)N(C(=O)Cc1ccc(Cl)cc1)C1CC(=O)N(c2ccc(-c3nc4ccccc4o3)cc2)C1=O. The first-order valence-electron chi connectivity index (χ1n) is 12.2. The van der Waals surface area contributed by atoms with Gasteiger partial charge >= 0.3 is 0 Å². The van der Waals surface area contributed by atoms with Gasteiger partial charge < -0.3 is 9.32 Å². The van der Waals surface area contributed by atoms with Crippen molar-refractivity contribution in [1.82, 2.24) is 9.88 Å². The normalized spacial score (nSPS) is 16.4. The molecule has 1 fully saturated rings. The van der Waals surface area contributed by atoms with Crippen LogP contribution in [0.4, 0.5) is 5.69 Å². The van der Waals surface area contributed by atoms with E-state index < -0.39 is 11.9 Å². The summed E-state index contributed by atoms with van der Waals surface area (Å²) in [7, 11) is 0. The van der Waals surface area contributed by atoms with Crippen molar-refractivity contribution in [3.63, 3.8) is 0 Å². The summed E-state index contributed by atoms with van der Waals surface area (Å²) in [5.74, 6) is -0.474. The van der Waals surface area contributed by atoms with Crippen LogP contribution in [0, 0.1) is 0 Å². The van der Waals surface area contributed by atoms with E-state index >= 15 is 0 Å². The molecule has 1 saturated heterocycles. The van der Waals surface area contributed by atoms with Crippen LogP contribution < -0.4 is 4.90 Å². The summed E-state index contributed by atoms with van der Waals surface area (Å²) in [5, 5.41) is 0.587. The van der Waals surface area contributed by atoms with Crippen LogP contribution in [-0.4, -0.2) is 39.7 Å². The standard InChI is InChI=1S/C29H26ClN3O4/c1-3-18(2)32(26(34)16-19-8-12-21(30)13-9-19)24-17-27(35)33(29(24)36)22-14-10-20(11-15-22)28-31-23-6-4-5-7-25(23)37-28/h4-15,18,24H,3,16-17H2,1-2H3. The van der Waals surface area contributed by atoms with E-state index in [1.165, 1.54) is 4.90 Å². The minimum absolute atomic E-state index is 0.0532. The number of anilines is 1. The van der Waals surface area contributed by atoms with E-state index in [2.05, 4.69) is 4.98 Å². The Hall–Kier alpha value is -3.97. The number of benzene rings is 3. The molecule has 0 saturated carbocycles. The van der Waals surface area contributed by atoms with Crippen LogP contribution in [0.3, 0.4) is 0 Å². The van der Waals surface area contributed by atoms with Gasteiger partial charge in [-0.3, -0.25) is 14.4 Å². The summed E-state index contributed by atoms with van der Waals surface area (Å²) in [5.41, 5.74) is 3.41. The number of oxazole rings is 1. The van der Waals surface area contributed by atoms with Crippen LogP contribution in [0.1, 0.15) is 32.3 Å². The Balaban J connectivity index is 1.37. The molecule has 7 nitrogen and oxygen atoms in total. The molecule has 2 heterocycles. The Morgan fingerprint density at radius 2 is 1.78 bits per heavy atom. The average Bonchev–Trinajstić information content (AvgIpc) is 3.46. The highest BCUT2D eigenvalue weighted by molar-refractivity contribution is 6.30. The molecule has 8 heteroatoms. The number of carbonyl (C=O) groups excluding carboxylic acids is 3. The molecule has 5 rings (SSSR count). The number of hydrogen-bond donors (Lipinski definition) is 0. The maximum Gasteiger partial charge on any atom is 0.257 e. The van der Waals surface area contributed by atoms with Gasteiger partial charge in [0, 0.05) is 16.6 Å². The molecule has 1 aromatic heterocycles. The monoisotopic (exact) mass is 515 g/mol. The van der Waals surface area contributed by atoms with Crippen LogP contribution in [0.2, 0.25) is 5.02 Å². The molecule has 1 aliphatic heterocycles. The number of halogens is 1. The maximum atomic E-state index is 13.5. The molecule has 0 aliphatic carbocycles. The Morgan fingerprint density at radius 1 is 1.08 bits per heavy atom. The molecule has 1 aliphatic rings. The Bertz CT molecular complexity index is 1430. The molecule has 2 atom stereocenters. The number of carbonyl (C=O) groups is 3. The number of hydrogen-bond acceptors (Lipinski definition) is 5. The second kappa shape index (κ2) is 10.2. The van der Waals surface area contributed by atoms with Crippen molar-refractivity contribution in [2.45, 2.75) is 45.2 Å². The number of aromatic nitrogens is 1. The predicted molar refractivity (Wildman–Crippen MR) is 142 cm³/mol. The summed E-state index contributed by atoms with van der Waals surface area (Å²) in [6, 6.07) is 20.4. The highest BCUT2D eigenvalue weighted by Crippen LogP contribution is 2.31. The molecule has 3 amide bonds. The topological polar surface area (TPSA) is 83.7 Å². The summed E-state index contributed by atoms with van der Waals surface area (Å²) in [6.45, 7) is 3.85. The van der Waals surface area contributed by atoms with Crippen LogP contribution in [0.25, 0.3) is 22.6 Å². The minimum Gasteiger partial charge on any atom is -0.436 e. The lowest BCUT2D eigenvalue weighted by atomic mass is 10.1. The quantitative estimate of drug-likeness (QED) is 0.297. The molecule has 0 radical (unpaired) electrons. The molecule has 0 N–H and O–H groups in total. The number of imide groups is 1. The van der Waals surface area contributed by atoms with Crippen molar-refractivity contribution in [3.05, 3.63) is 83.4 Å². The van der Waals surface area contributed by atoms with Crippen molar-refractivity contribution in [2.75, 3.05) is 4.90 Å². The third-order valence-corrected chi connectivity index (χ3v) is 7.00. The molecule has 2 unspecified atom stereocenters. The van der Waals surface area contributed by atoms with Gasteiger partial charge in [-0.15, -0.1) is 0 Å². The van der Waals surface area contributed by atoms with E-state index in [1.54, 1.807) is 53.4 Å². The number of para-hydroxylation sites is 2. The fourth-order valence-electron chi connectivity index (χ4n) is 4.64. The summed E-state index contributed by atoms with van der Waals surface area (Å²) >= 11 is 5.97. The largest absolute Gasteiger partial charge is 0.436 e. The van der Waals surface area contributed by atoms with Crippen molar-refractivity contribution >= 4 is 46.1 Å². The number of nitrogens with zero attached hydrogens (tertiary/aromatic N) is 3. The molecule has 4 aromatic rings. The van der Waals surface area contributed by atoms with Gasteiger partial charge in [-0.2, -0.15) is 0 Å². The first-order valence-corrected chi connectivity index (χ1v) is 12.6. The molecule has 3 aromatic carbocycles. The number of rotatable bonds is 7. The van der Waals surface area contributed by atoms with Gasteiger partial charge in [0.05, 0.1) is 18.5 Å². The minimum atomic E-state index is -0.848. The summed E-state index contributed by atoms with van der Waals surface area (Å²) in [4.78, 5) is 47.1. The van der Waals surface area contributed by atoms with Crippen LogP contribution in [0.15, 0.2) is 77.2 Å². The first-order chi connectivity index (χ1) is 17.9. The molecule has 37 heavy (non-hydrogen) atoms. The number of amides is 3. The van der Waals surface area contributed by atoms with Crippen molar-refractivity contribution in [1.29, 1.82) is 0 Å². The summed E-state index contributed by atoms with van der Waals surface area (Å²) < 4.78 is 5.82. The lowest BCUT2D eigenvalue weighted by Gasteiger charge is -2.33. The van der Waals surface area contributed by atoms with Gasteiger partial charge in [0.15, 0.2) is 5.58 Å². The van der Waals surface area contributed by atoms with Crippen LogP contribution >= 0.6 is 11.6 Å². The van der Waals surface area contributed by atoms with Crippen LogP contribution in [0.5, 0.6) is 0 Å². The van der Waals surface area contributed by atoms with E-state index in [0.29, 0.717) is 28.6 Å². The molecule has 0 bridgehead atoms. The zero-order valence-electron chi connectivity index (χ0n) is 20.6. The first kappa shape index (κ1) is 24.7. The van der Waals surface area contributed by atoms with E-state index in [9.17, 15) is 14.4 Å². The number of fused-ring (bicyclic) bond motifs is 1. The third-order valence-electron chi connectivity index (χ3n) is 6.75. The highest BCUT2D eigenvalue weighted by atomic mass is 35.5. The van der Waals surface area contributed by atoms with Gasteiger partial charge in [-0.25, -0.2) is 9.88 Å². The van der Waals surface area contributed by atoms with E-state index in [0.717, 1.165) is 16.6 Å². The lowest BCUT2D eigenvalue weighted by Crippen LogP contribution is -2.50. The van der Waals surface area contributed by atoms with Gasteiger partial charge in [-0.05, 0) is 67.4 Å². The average molecular weight is 516 g/mol. The third kappa shape index (κ3) is 4.87. The fourth-order valence-corrected chi connectivity index (χ4v) is 4.77. The molecule has 188 valence electrons. The maximum absolute atomic E-state index is 13.5. The Kier molecular flexibility index (Phi) is 6.80. The van der Waals surface area contributed by atoms with E-state index in [4.69, 9.17) is 16.0 Å². The predicted octanol–water partition coefficient (Wildman–Crippen LogP) is 5.65. The van der Waals surface area contributed by atoms with Gasteiger partial charge in [0.1, 0.15) is 11.6 Å². The zero-order valence-corrected chi connectivity index (χ0v) is 21.3. The Morgan fingerprint density at radius 3 is 2.46 bits per heavy atom. The second-order valence-electron chi connectivity index (χ2n) is 9.18. The van der Waals surface area contributed by atoms with E-state index in [-0.39, 0.29) is 30.7 Å². The van der Waals surface area contributed by atoms with Crippen molar-refractivity contribution in [3.8, 4) is 11.5 Å². The van der Waals surface area contributed by atoms with Crippen LogP contribution in [-0.2, 0) is 20.8 Å². The molecular formula is C29H26ClN3O4. The van der Waals surface area contributed by atoms with Gasteiger partial charge in [0.25, 0.3) is 5.91 Å². The van der Waals surface area contributed by atoms with Crippen molar-refractivity contribution < 1.29 is 18.8 Å². The van der Waals surface area contributed by atoms with Crippen molar-refractivity contribution in [2.24, 2.45) is 0 Å². The smallest absolute Gasteiger partial charge is 0.257 e. The summed E-state index contributed by atoms with van der Waals surface area (Å²) in [6.07, 6.45) is 0.727. The molecular weight excluding hydrogens is 490 g/mol. The lowest BCUT2D eigenvalue weighted by molar-refractivity contribution is -0.140. The zero-order chi connectivity index (χ0) is 26.1. The van der Waals surface area contributed by atoms with Gasteiger partial charge in [0.2, 0.25) is 17.7 Å². The highest BCUT2D eigenvalue weighted by Gasteiger charge is 2.45. The fraction of sp³-hybridized carbons (Fsp3) is 0.241.